The van der Waals surface area contributed by atoms with E-state index in [1.165, 1.54) is 42.6 Å². The third-order valence-electron chi connectivity index (χ3n) is 6.19. The summed E-state index contributed by atoms with van der Waals surface area (Å²) in [4.78, 5) is 17.7. The fraction of sp³-hybridized carbons (Fsp3) is 0.480. The number of hydrogen-bond acceptors (Lipinski definition) is 3. The van der Waals surface area contributed by atoms with E-state index < -0.39 is 0 Å². The lowest BCUT2D eigenvalue weighted by Gasteiger charge is -2.32. The summed E-state index contributed by atoms with van der Waals surface area (Å²) in [5, 5.41) is 3.19. The average molecular weight is 392 g/mol. The van der Waals surface area contributed by atoms with E-state index in [0.29, 0.717) is 6.54 Å². The highest BCUT2D eigenvalue weighted by atomic mass is 16.1. The van der Waals surface area contributed by atoms with Gasteiger partial charge < -0.3 is 5.32 Å². The van der Waals surface area contributed by atoms with Gasteiger partial charge in [-0.2, -0.15) is 0 Å². The van der Waals surface area contributed by atoms with Gasteiger partial charge in [-0.25, -0.2) is 0 Å². The van der Waals surface area contributed by atoms with Crippen LogP contribution in [0, 0.1) is 5.92 Å². The van der Waals surface area contributed by atoms with Crippen LogP contribution in [-0.2, 0) is 24.4 Å². The lowest BCUT2D eigenvalue weighted by atomic mass is 9.96. The molecular weight excluding hydrogens is 358 g/mol. The zero-order chi connectivity index (χ0) is 19.9. The summed E-state index contributed by atoms with van der Waals surface area (Å²) in [5.74, 6) is 0.299. The van der Waals surface area contributed by atoms with Crippen LogP contribution in [0.3, 0.4) is 0 Å². The summed E-state index contributed by atoms with van der Waals surface area (Å²) in [6.45, 7) is 6.95. The Hall–Kier alpha value is -2.17. The maximum Gasteiger partial charge on any atom is 0.224 e. The van der Waals surface area contributed by atoms with Gasteiger partial charge in [-0.15, -0.1) is 0 Å². The Morgan fingerprint density at radius 3 is 2.34 bits per heavy atom. The number of nitrogens with one attached hydrogen (secondary N) is 1. The standard InChI is InChI=1S/C25H33N3O/c29-25(24-12-7-15-28(20-24)18-21-8-2-1-3-9-21)26-17-22-10-6-11-23(16-22)19-27-13-4-5-14-27/h1-3,6,8-11,16,24H,4-5,7,12-15,17-20H2,(H,26,29). The molecule has 29 heavy (non-hydrogen) atoms. The van der Waals surface area contributed by atoms with Crippen LogP contribution in [0.1, 0.15) is 42.4 Å². The summed E-state index contributed by atoms with van der Waals surface area (Å²) >= 11 is 0. The third kappa shape index (κ3) is 5.91. The van der Waals surface area contributed by atoms with Crippen LogP contribution in [0.5, 0.6) is 0 Å². The smallest absolute Gasteiger partial charge is 0.224 e. The van der Waals surface area contributed by atoms with Gasteiger partial charge in [0.1, 0.15) is 0 Å². The molecule has 1 unspecified atom stereocenters. The van der Waals surface area contributed by atoms with Crippen molar-refractivity contribution in [2.75, 3.05) is 26.2 Å². The van der Waals surface area contributed by atoms with E-state index in [4.69, 9.17) is 0 Å². The number of piperidine rings is 1. The topological polar surface area (TPSA) is 35.6 Å². The highest BCUT2D eigenvalue weighted by molar-refractivity contribution is 5.79. The van der Waals surface area contributed by atoms with Gasteiger partial charge in [0.15, 0.2) is 0 Å². The van der Waals surface area contributed by atoms with E-state index in [0.717, 1.165) is 39.0 Å². The minimum absolute atomic E-state index is 0.0974. The minimum atomic E-state index is 0.0974. The predicted molar refractivity (Wildman–Crippen MR) is 117 cm³/mol. The molecule has 2 fully saturated rings. The summed E-state index contributed by atoms with van der Waals surface area (Å²) in [7, 11) is 0. The average Bonchev–Trinajstić information content (AvgIpc) is 3.26. The monoisotopic (exact) mass is 391 g/mol. The van der Waals surface area contributed by atoms with Gasteiger partial charge in [-0.3, -0.25) is 14.6 Å². The molecule has 1 N–H and O–H groups in total. The molecular formula is C25H33N3O. The molecule has 0 bridgehead atoms. The first kappa shape index (κ1) is 20.1. The van der Waals surface area contributed by atoms with Crippen LogP contribution in [0.15, 0.2) is 54.6 Å². The predicted octanol–water partition coefficient (Wildman–Crippen LogP) is 3.81. The molecule has 4 heteroatoms. The number of carbonyl (C=O) groups is 1. The van der Waals surface area contributed by atoms with Gasteiger partial charge in [-0.1, -0.05) is 54.6 Å². The maximum absolute atomic E-state index is 12.8. The first-order valence-corrected chi connectivity index (χ1v) is 11.1. The van der Waals surface area contributed by atoms with E-state index in [1.54, 1.807) is 0 Å². The molecule has 1 atom stereocenters. The van der Waals surface area contributed by atoms with E-state index in [2.05, 4.69) is 69.7 Å². The zero-order valence-corrected chi connectivity index (χ0v) is 17.4. The quantitative estimate of drug-likeness (QED) is 0.780. The second-order valence-corrected chi connectivity index (χ2v) is 8.58. The largest absolute Gasteiger partial charge is 0.352 e. The van der Waals surface area contributed by atoms with Crippen molar-refractivity contribution in [1.82, 2.24) is 15.1 Å². The number of hydrogen-bond donors (Lipinski definition) is 1. The van der Waals surface area contributed by atoms with Crippen molar-refractivity contribution in [2.24, 2.45) is 5.92 Å². The Labute approximate surface area is 174 Å². The van der Waals surface area contributed by atoms with Crippen molar-refractivity contribution in [3.63, 3.8) is 0 Å². The molecule has 0 saturated carbocycles. The first-order chi connectivity index (χ1) is 14.3. The van der Waals surface area contributed by atoms with Crippen LogP contribution < -0.4 is 5.32 Å². The number of nitrogens with zero attached hydrogens (tertiary/aromatic N) is 2. The van der Waals surface area contributed by atoms with Gasteiger partial charge in [-0.05, 0) is 62.0 Å². The van der Waals surface area contributed by atoms with Crippen LogP contribution in [0.4, 0.5) is 0 Å². The lowest BCUT2D eigenvalue weighted by molar-refractivity contribution is -0.126. The maximum atomic E-state index is 12.8. The molecule has 2 saturated heterocycles. The third-order valence-corrected chi connectivity index (χ3v) is 6.19. The van der Waals surface area contributed by atoms with Gasteiger partial charge in [0, 0.05) is 26.2 Å². The SMILES string of the molecule is O=C(NCc1cccc(CN2CCCC2)c1)C1CCCN(Cc2ccccc2)C1. The summed E-state index contributed by atoms with van der Waals surface area (Å²) in [6, 6.07) is 19.2. The first-order valence-electron chi connectivity index (χ1n) is 11.1. The number of carbonyl (C=O) groups excluding carboxylic acids is 1. The minimum Gasteiger partial charge on any atom is -0.352 e. The summed E-state index contributed by atoms with van der Waals surface area (Å²) < 4.78 is 0. The molecule has 2 aliphatic heterocycles. The summed E-state index contributed by atoms with van der Waals surface area (Å²) in [5.41, 5.74) is 3.88. The number of amides is 1. The Balaban J connectivity index is 1.26. The molecule has 0 aromatic heterocycles. The van der Waals surface area contributed by atoms with Crippen LogP contribution in [-0.4, -0.2) is 41.9 Å². The normalized spacial score (nSPS) is 20.6. The molecule has 2 aromatic rings. The van der Waals surface area contributed by atoms with E-state index >= 15 is 0 Å². The molecule has 1 amide bonds. The summed E-state index contributed by atoms with van der Waals surface area (Å²) in [6.07, 6.45) is 4.72. The van der Waals surface area contributed by atoms with Gasteiger partial charge in [0.2, 0.25) is 5.91 Å². The highest BCUT2D eigenvalue weighted by Crippen LogP contribution is 2.19. The highest BCUT2D eigenvalue weighted by Gasteiger charge is 2.25. The van der Waals surface area contributed by atoms with Crippen LogP contribution in [0.2, 0.25) is 0 Å². The number of benzene rings is 2. The van der Waals surface area contributed by atoms with Crippen molar-refractivity contribution >= 4 is 5.91 Å². The van der Waals surface area contributed by atoms with Gasteiger partial charge in [0.25, 0.3) is 0 Å². The molecule has 2 aliphatic rings. The second kappa shape index (κ2) is 10.0. The second-order valence-electron chi connectivity index (χ2n) is 8.58. The fourth-order valence-corrected chi connectivity index (χ4v) is 4.63. The molecule has 2 heterocycles. The fourth-order valence-electron chi connectivity index (χ4n) is 4.63. The van der Waals surface area contributed by atoms with Crippen LogP contribution >= 0.6 is 0 Å². The van der Waals surface area contributed by atoms with Gasteiger partial charge >= 0.3 is 0 Å². The van der Waals surface area contributed by atoms with E-state index in [9.17, 15) is 4.79 Å². The van der Waals surface area contributed by atoms with Crippen molar-refractivity contribution < 1.29 is 4.79 Å². The molecule has 4 nitrogen and oxygen atoms in total. The number of likely N-dealkylation sites (tertiary alicyclic amines) is 2. The Bertz CT molecular complexity index is 786. The number of rotatable bonds is 7. The Morgan fingerprint density at radius 2 is 1.52 bits per heavy atom. The van der Waals surface area contributed by atoms with E-state index in [1.807, 2.05) is 0 Å². The molecule has 4 rings (SSSR count). The van der Waals surface area contributed by atoms with Crippen molar-refractivity contribution in [3.8, 4) is 0 Å². The molecule has 0 spiro atoms. The van der Waals surface area contributed by atoms with E-state index in [-0.39, 0.29) is 11.8 Å². The Kier molecular flexibility index (Phi) is 6.96. The molecule has 0 radical (unpaired) electrons. The van der Waals surface area contributed by atoms with Crippen LogP contribution in [0.25, 0.3) is 0 Å². The molecule has 0 aliphatic carbocycles. The van der Waals surface area contributed by atoms with Crippen molar-refractivity contribution in [2.45, 2.75) is 45.3 Å². The molecule has 2 aromatic carbocycles. The zero-order valence-electron chi connectivity index (χ0n) is 17.4. The molecule has 154 valence electrons. The van der Waals surface area contributed by atoms with Crippen molar-refractivity contribution in [1.29, 1.82) is 0 Å². The lowest BCUT2D eigenvalue weighted by Crippen LogP contribution is -2.42. The van der Waals surface area contributed by atoms with Crippen molar-refractivity contribution in [3.05, 3.63) is 71.3 Å². The van der Waals surface area contributed by atoms with Gasteiger partial charge in [0.05, 0.1) is 5.92 Å². The Morgan fingerprint density at radius 1 is 0.828 bits per heavy atom.